The van der Waals surface area contributed by atoms with Gasteiger partial charge in [0.05, 0.1) is 6.42 Å². The first-order valence-corrected chi connectivity index (χ1v) is 6.55. The van der Waals surface area contributed by atoms with E-state index in [1.807, 2.05) is 30.3 Å². The normalized spacial score (nSPS) is 16.4. The van der Waals surface area contributed by atoms with E-state index in [0.717, 1.165) is 31.5 Å². The Balaban J connectivity index is 1.82. The van der Waals surface area contributed by atoms with Crippen molar-refractivity contribution in [3.05, 3.63) is 35.9 Å². The minimum atomic E-state index is 0.0322. The van der Waals surface area contributed by atoms with Crippen molar-refractivity contribution in [2.45, 2.75) is 25.7 Å². The van der Waals surface area contributed by atoms with Gasteiger partial charge in [-0.3, -0.25) is 9.59 Å². The van der Waals surface area contributed by atoms with Gasteiger partial charge >= 0.3 is 0 Å². The van der Waals surface area contributed by atoms with Crippen LogP contribution in [0.25, 0.3) is 0 Å². The van der Waals surface area contributed by atoms with Gasteiger partial charge in [0.1, 0.15) is 11.6 Å². The second-order valence-electron chi connectivity index (χ2n) is 4.87. The lowest BCUT2D eigenvalue weighted by Crippen LogP contribution is -2.32. The molecule has 1 aromatic carbocycles. The molecule has 0 unspecified atom stereocenters. The van der Waals surface area contributed by atoms with Crippen molar-refractivity contribution >= 4 is 11.6 Å². The van der Waals surface area contributed by atoms with Crippen LogP contribution >= 0.6 is 0 Å². The summed E-state index contributed by atoms with van der Waals surface area (Å²) in [7, 11) is 0. The Bertz CT molecular complexity index is 408. The molecule has 1 aromatic rings. The van der Waals surface area contributed by atoms with Crippen molar-refractivity contribution in [2.75, 3.05) is 13.1 Å². The SMILES string of the molecule is O=C(CC(=O)C1CCNCC1)Cc1ccccc1. The molecular weight excluding hydrogens is 226 g/mol. The number of rotatable bonds is 5. The van der Waals surface area contributed by atoms with Gasteiger partial charge in [-0.1, -0.05) is 30.3 Å². The minimum absolute atomic E-state index is 0.0322. The Morgan fingerprint density at radius 3 is 2.44 bits per heavy atom. The van der Waals surface area contributed by atoms with Crippen molar-refractivity contribution in [3.8, 4) is 0 Å². The van der Waals surface area contributed by atoms with Crippen molar-refractivity contribution in [2.24, 2.45) is 5.92 Å². The molecule has 1 N–H and O–H groups in total. The molecule has 1 aliphatic heterocycles. The van der Waals surface area contributed by atoms with Gasteiger partial charge < -0.3 is 5.32 Å². The third-order valence-electron chi connectivity index (χ3n) is 3.41. The molecule has 0 saturated carbocycles. The van der Waals surface area contributed by atoms with E-state index in [1.54, 1.807) is 0 Å². The number of piperidine rings is 1. The van der Waals surface area contributed by atoms with Crippen molar-refractivity contribution in [3.63, 3.8) is 0 Å². The summed E-state index contributed by atoms with van der Waals surface area (Å²) in [5.74, 6) is 0.244. The van der Waals surface area contributed by atoms with Gasteiger partial charge in [0.15, 0.2) is 0 Å². The molecule has 0 aromatic heterocycles. The highest BCUT2D eigenvalue weighted by Crippen LogP contribution is 2.15. The molecule has 0 spiro atoms. The van der Waals surface area contributed by atoms with Gasteiger partial charge in [0.25, 0.3) is 0 Å². The number of nitrogens with one attached hydrogen (secondary N) is 1. The second kappa shape index (κ2) is 6.45. The quantitative estimate of drug-likeness (QED) is 0.804. The van der Waals surface area contributed by atoms with Gasteiger partial charge in [-0.15, -0.1) is 0 Å². The molecule has 2 rings (SSSR count). The van der Waals surface area contributed by atoms with E-state index in [4.69, 9.17) is 0 Å². The molecule has 1 heterocycles. The number of carbonyl (C=O) groups is 2. The van der Waals surface area contributed by atoms with E-state index in [0.29, 0.717) is 6.42 Å². The van der Waals surface area contributed by atoms with Crippen LogP contribution in [-0.2, 0) is 16.0 Å². The zero-order valence-electron chi connectivity index (χ0n) is 10.5. The molecule has 0 atom stereocenters. The van der Waals surface area contributed by atoms with Crippen LogP contribution in [0.5, 0.6) is 0 Å². The molecule has 0 radical (unpaired) electrons. The Morgan fingerprint density at radius 2 is 1.78 bits per heavy atom. The largest absolute Gasteiger partial charge is 0.317 e. The van der Waals surface area contributed by atoms with E-state index in [2.05, 4.69) is 5.32 Å². The predicted molar refractivity (Wildman–Crippen MR) is 70.4 cm³/mol. The van der Waals surface area contributed by atoms with Crippen LogP contribution in [-0.4, -0.2) is 24.7 Å². The third kappa shape index (κ3) is 3.77. The first-order chi connectivity index (χ1) is 8.75. The van der Waals surface area contributed by atoms with Crippen LogP contribution in [0.3, 0.4) is 0 Å². The highest BCUT2D eigenvalue weighted by molar-refractivity contribution is 6.00. The predicted octanol–water partition coefficient (Wildman–Crippen LogP) is 1.76. The molecule has 3 nitrogen and oxygen atoms in total. The summed E-state index contributed by atoms with van der Waals surface area (Å²) in [6, 6.07) is 9.60. The maximum Gasteiger partial charge on any atom is 0.144 e. The molecule has 0 amide bonds. The van der Waals surface area contributed by atoms with Gasteiger partial charge in [0, 0.05) is 12.3 Å². The van der Waals surface area contributed by atoms with Crippen LogP contribution in [0.2, 0.25) is 0 Å². The fourth-order valence-electron chi connectivity index (χ4n) is 2.37. The smallest absolute Gasteiger partial charge is 0.144 e. The molecule has 0 bridgehead atoms. The third-order valence-corrected chi connectivity index (χ3v) is 3.41. The molecule has 96 valence electrons. The Labute approximate surface area is 108 Å². The summed E-state index contributed by atoms with van der Waals surface area (Å²) >= 11 is 0. The van der Waals surface area contributed by atoms with E-state index in [9.17, 15) is 9.59 Å². The lowest BCUT2D eigenvalue weighted by molar-refractivity contribution is -0.129. The fourth-order valence-corrected chi connectivity index (χ4v) is 2.37. The van der Waals surface area contributed by atoms with E-state index in [1.165, 1.54) is 0 Å². The van der Waals surface area contributed by atoms with Crippen LogP contribution in [0.4, 0.5) is 0 Å². The van der Waals surface area contributed by atoms with Crippen molar-refractivity contribution in [1.82, 2.24) is 5.32 Å². The van der Waals surface area contributed by atoms with E-state index in [-0.39, 0.29) is 23.9 Å². The number of benzene rings is 1. The summed E-state index contributed by atoms with van der Waals surface area (Å²) in [5.41, 5.74) is 0.987. The van der Waals surface area contributed by atoms with Crippen LogP contribution < -0.4 is 5.32 Å². The lowest BCUT2D eigenvalue weighted by atomic mass is 9.90. The molecule has 1 aliphatic rings. The zero-order valence-corrected chi connectivity index (χ0v) is 10.5. The molecule has 1 saturated heterocycles. The van der Waals surface area contributed by atoms with Crippen molar-refractivity contribution < 1.29 is 9.59 Å². The lowest BCUT2D eigenvalue weighted by Gasteiger charge is -2.20. The topological polar surface area (TPSA) is 46.2 Å². The average Bonchev–Trinajstić information content (AvgIpc) is 2.40. The number of ketones is 2. The van der Waals surface area contributed by atoms with Gasteiger partial charge in [-0.2, -0.15) is 0 Å². The van der Waals surface area contributed by atoms with Gasteiger partial charge in [0.2, 0.25) is 0 Å². The van der Waals surface area contributed by atoms with Crippen LogP contribution in [0.15, 0.2) is 30.3 Å². The maximum atomic E-state index is 12.0. The second-order valence-corrected chi connectivity index (χ2v) is 4.87. The van der Waals surface area contributed by atoms with E-state index < -0.39 is 0 Å². The molecule has 0 aliphatic carbocycles. The first kappa shape index (κ1) is 13.0. The summed E-state index contributed by atoms with van der Waals surface area (Å²) in [4.78, 5) is 23.8. The Morgan fingerprint density at radius 1 is 1.11 bits per heavy atom. The number of hydrogen-bond donors (Lipinski definition) is 1. The van der Waals surface area contributed by atoms with Gasteiger partial charge in [-0.25, -0.2) is 0 Å². The Kier molecular flexibility index (Phi) is 4.65. The summed E-state index contributed by atoms with van der Waals surface area (Å²) in [6.07, 6.45) is 2.21. The van der Waals surface area contributed by atoms with Crippen LogP contribution in [0.1, 0.15) is 24.8 Å². The molecule has 18 heavy (non-hydrogen) atoms. The minimum Gasteiger partial charge on any atom is -0.317 e. The monoisotopic (exact) mass is 245 g/mol. The molecule has 3 heteroatoms. The molecular formula is C15H19NO2. The zero-order chi connectivity index (χ0) is 12.8. The first-order valence-electron chi connectivity index (χ1n) is 6.55. The fraction of sp³-hybridized carbons (Fsp3) is 0.467. The van der Waals surface area contributed by atoms with E-state index >= 15 is 0 Å². The summed E-state index contributed by atoms with van der Waals surface area (Å²) < 4.78 is 0. The summed E-state index contributed by atoms with van der Waals surface area (Å²) in [6.45, 7) is 1.78. The highest BCUT2D eigenvalue weighted by atomic mass is 16.1. The molecule has 1 fully saturated rings. The number of carbonyl (C=O) groups excluding carboxylic acids is 2. The van der Waals surface area contributed by atoms with Crippen LogP contribution in [0, 0.1) is 5.92 Å². The number of Topliss-reactive ketones (excluding diaryl/α,β-unsaturated/α-hetero) is 2. The average molecular weight is 245 g/mol. The maximum absolute atomic E-state index is 12.0. The van der Waals surface area contributed by atoms with Crippen molar-refractivity contribution in [1.29, 1.82) is 0 Å². The highest BCUT2D eigenvalue weighted by Gasteiger charge is 2.22. The number of hydrogen-bond acceptors (Lipinski definition) is 3. The Hall–Kier alpha value is -1.48. The van der Waals surface area contributed by atoms with Gasteiger partial charge in [-0.05, 0) is 31.5 Å². The summed E-state index contributed by atoms with van der Waals surface area (Å²) in [5, 5.41) is 3.23. The standard InChI is InChI=1S/C15H19NO2/c17-14(10-12-4-2-1-3-5-12)11-15(18)13-6-8-16-9-7-13/h1-5,13,16H,6-11H2.